The van der Waals surface area contributed by atoms with Crippen LogP contribution < -0.4 is 0 Å². The van der Waals surface area contributed by atoms with Crippen LogP contribution >= 0.6 is 0 Å². The lowest BCUT2D eigenvalue weighted by Gasteiger charge is -2.32. The zero-order valence-corrected chi connectivity index (χ0v) is 11.7. The molecule has 3 nitrogen and oxygen atoms in total. The smallest absolute Gasteiger partial charge is 0.247 e. The van der Waals surface area contributed by atoms with Gasteiger partial charge < -0.3 is 4.90 Å². The number of terminal acetylenes is 1. The quantitative estimate of drug-likeness (QED) is 0.621. The summed E-state index contributed by atoms with van der Waals surface area (Å²) in [4.78, 5) is 18.2. The van der Waals surface area contributed by atoms with Gasteiger partial charge in [0.05, 0.1) is 6.54 Å². The van der Waals surface area contributed by atoms with Gasteiger partial charge in [-0.25, -0.2) is 0 Å². The predicted octanol–water partition coefficient (Wildman–Crippen LogP) is 2.89. The lowest BCUT2D eigenvalue weighted by atomic mass is 9.94. The normalized spacial score (nSPS) is 15.9. The molecule has 1 aromatic rings. The first kappa shape index (κ1) is 14.3. The highest BCUT2D eigenvalue weighted by Crippen LogP contribution is 2.22. The fraction of sp³-hybridized carbons (Fsp3) is 0.412. The Hall–Kier alpha value is -2.08. The van der Waals surface area contributed by atoms with E-state index >= 15 is 0 Å². The molecule has 0 radical (unpaired) electrons. The van der Waals surface area contributed by atoms with Gasteiger partial charge in [0.1, 0.15) is 0 Å². The lowest BCUT2D eigenvalue weighted by molar-refractivity contribution is -0.128. The van der Waals surface area contributed by atoms with Crippen LogP contribution in [0, 0.1) is 12.3 Å². The molecule has 1 aliphatic carbocycles. The van der Waals surface area contributed by atoms with Crippen LogP contribution in [0.3, 0.4) is 0 Å². The van der Waals surface area contributed by atoms with Crippen molar-refractivity contribution >= 4 is 12.0 Å². The third kappa shape index (κ3) is 3.96. The summed E-state index contributed by atoms with van der Waals surface area (Å²) in [5, 5.41) is 0. The summed E-state index contributed by atoms with van der Waals surface area (Å²) in [6.45, 7) is 0.390. The van der Waals surface area contributed by atoms with Gasteiger partial charge in [0.15, 0.2) is 0 Å². The summed E-state index contributed by atoms with van der Waals surface area (Å²) < 4.78 is 0. The van der Waals surface area contributed by atoms with Gasteiger partial charge in [-0.1, -0.05) is 31.2 Å². The Kier molecular flexibility index (Phi) is 5.37. The van der Waals surface area contributed by atoms with E-state index in [2.05, 4.69) is 10.9 Å². The Morgan fingerprint density at radius 3 is 2.90 bits per heavy atom. The number of aromatic nitrogens is 1. The van der Waals surface area contributed by atoms with Crippen LogP contribution in [0.2, 0.25) is 0 Å². The van der Waals surface area contributed by atoms with E-state index in [1.807, 2.05) is 17.0 Å². The number of rotatable bonds is 4. The molecule has 104 valence electrons. The Bertz CT molecular complexity index is 495. The van der Waals surface area contributed by atoms with Crippen molar-refractivity contribution < 1.29 is 4.79 Å². The van der Waals surface area contributed by atoms with E-state index in [4.69, 9.17) is 6.42 Å². The molecule has 0 N–H and O–H groups in total. The van der Waals surface area contributed by atoms with Crippen molar-refractivity contribution in [3.8, 4) is 12.3 Å². The third-order valence-electron chi connectivity index (χ3n) is 3.66. The van der Waals surface area contributed by atoms with E-state index in [9.17, 15) is 4.79 Å². The zero-order valence-electron chi connectivity index (χ0n) is 11.7. The maximum absolute atomic E-state index is 12.3. The highest BCUT2D eigenvalue weighted by atomic mass is 16.2. The molecule has 0 aliphatic heterocycles. The Balaban J connectivity index is 2.03. The summed E-state index contributed by atoms with van der Waals surface area (Å²) in [5.41, 5.74) is 0.921. The minimum atomic E-state index is -0.00120. The molecule has 0 saturated heterocycles. The molecule has 1 aliphatic rings. The second-order valence-corrected chi connectivity index (χ2v) is 5.08. The predicted molar refractivity (Wildman–Crippen MR) is 80.7 cm³/mol. The number of pyridine rings is 1. The minimum absolute atomic E-state index is 0.00120. The van der Waals surface area contributed by atoms with Crippen LogP contribution in [0.15, 0.2) is 30.6 Å². The molecule has 1 aromatic heterocycles. The highest BCUT2D eigenvalue weighted by molar-refractivity contribution is 5.92. The summed E-state index contributed by atoms with van der Waals surface area (Å²) in [6, 6.07) is 4.07. The average Bonchev–Trinajstić information content (AvgIpc) is 2.52. The Morgan fingerprint density at radius 1 is 1.45 bits per heavy atom. The molecule has 0 atom stereocenters. The van der Waals surface area contributed by atoms with Gasteiger partial charge in [-0.05, 0) is 30.5 Å². The molecule has 1 heterocycles. The van der Waals surface area contributed by atoms with Crippen molar-refractivity contribution in [3.63, 3.8) is 0 Å². The van der Waals surface area contributed by atoms with Crippen molar-refractivity contribution in [3.05, 3.63) is 36.2 Å². The highest BCUT2D eigenvalue weighted by Gasteiger charge is 2.23. The molecule has 0 bridgehead atoms. The molecular formula is C17H20N2O. The summed E-state index contributed by atoms with van der Waals surface area (Å²) in [5.74, 6) is 2.60. The zero-order chi connectivity index (χ0) is 14.2. The van der Waals surface area contributed by atoms with E-state index in [1.54, 1.807) is 24.5 Å². The number of carbonyl (C=O) groups is 1. The van der Waals surface area contributed by atoms with E-state index in [0.717, 1.165) is 18.4 Å². The van der Waals surface area contributed by atoms with E-state index in [0.29, 0.717) is 12.6 Å². The van der Waals surface area contributed by atoms with E-state index in [1.165, 1.54) is 19.3 Å². The number of nitrogens with zero attached hydrogens (tertiary/aromatic N) is 2. The van der Waals surface area contributed by atoms with Crippen LogP contribution in [0.5, 0.6) is 0 Å². The number of amides is 1. The van der Waals surface area contributed by atoms with Gasteiger partial charge in [-0.3, -0.25) is 9.78 Å². The Morgan fingerprint density at radius 2 is 2.25 bits per heavy atom. The van der Waals surface area contributed by atoms with E-state index in [-0.39, 0.29) is 5.91 Å². The van der Waals surface area contributed by atoms with Crippen LogP contribution in [0.1, 0.15) is 37.7 Å². The summed E-state index contributed by atoms with van der Waals surface area (Å²) in [7, 11) is 0. The van der Waals surface area contributed by atoms with Gasteiger partial charge in [0.2, 0.25) is 5.91 Å². The maximum Gasteiger partial charge on any atom is 0.247 e. The summed E-state index contributed by atoms with van der Waals surface area (Å²) in [6.07, 6.45) is 18.0. The molecule has 3 heteroatoms. The first-order chi connectivity index (χ1) is 9.81. The van der Waals surface area contributed by atoms with Crippen molar-refractivity contribution in [2.24, 2.45) is 0 Å². The van der Waals surface area contributed by atoms with Crippen LogP contribution in [-0.4, -0.2) is 28.4 Å². The molecule has 0 aromatic carbocycles. The van der Waals surface area contributed by atoms with Crippen LogP contribution in [-0.2, 0) is 4.79 Å². The fourth-order valence-corrected chi connectivity index (χ4v) is 2.62. The standard InChI is InChI=1S/C17H20N2O/c1-2-13-19(16-8-4-3-5-9-16)17(20)11-10-15-7-6-12-18-14-15/h1,6-7,10-12,14,16H,3-5,8-9,13H2/b11-10+. The number of hydrogen-bond acceptors (Lipinski definition) is 2. The van der Waals surface area contributed by atoms with Crippen molar-refractivity contribution in [1.82, 2.24) is 9.88 Å². The van der Waals surface area contributed by atoms with Gasteiger partial charge >= 0.3 is 0 Å². The van der Waals surface area contributed by atoms with Gasteiger partial charge in [0, 0.05) is 24.5 Å². The second-order valence-electron chi connectivity index (χ2n) is 5.08. The van der Waals surface area contributed by atoms with Gasteiger partial charge in [-0.2, -0.15) is 0 Å². The molecule has 1 saturated carbocycles. The number of hydrogen-bond donors (Lipinski definition) is 0. The average molecular weight is 268 g/mol. The third-order valence-corrected chi connectivity index (χ3v) is 3.66. The summed E-state index contributed by atoms with van der Waals surface area (Å²) >= 11 is 0. The first-order valence-corrected chi connectivity index (χ1v) is 7.13. The van der Waals surface area contributed by atoms with Crippen LogP contribution in [0.4, 0.5) is 0 Å². The first-order valence-electron chi connectivity index (χ1n) is 7.13. The lowest BCUT2D eigenvalue weighted by Crippen LogP contribution is -2.40. The molecule has 20 heavy (non-hydrogen) atoms. The largest absolute Gasteiger partial charge is 0.325 e. The Labute approximate surface area is 120 Å². The minimum Gasteiger partial charge on any atom is -0.325 e. The molecular weight excluding hydrogens is 248 g/mol. The molecule has 2 rings (SSSR count). The molecule has 0 unspecified atom stereocenters. The van der Waals surface area contributed by atoms with Crippen LogP contribution in [0.25, 0.3) is 6.08 Å². The molecule has 1 amide bonds. The topological polar surface area (TPSA) is 33.2 Å². The number of carbonyl (C=O) groups excluding carboxylic acids is 1. The second kappa shape index (κ2) is 7.49. The molecule has 1 fully saturated rings. The molecule has 0 spiro atoms. The monoisotopic (exact) mass is 268 g/mol. The SMILES string of the molecule is C#CCN(C(=O)/C=C/c1cccnc1)C1CCCCC1. The van der Waals surface area contributed by atoms with Gasteiger partial charge in [0.25, 0.3) is 0 Å². The van der Waals surface area contributed by atoms with Crippen molar-refractivity contribution in [2.75, 3.05) is 6.54 Å². The fourth-order valence-electron chi connectivity index (χ4n) is 2.62. The van der Waals surface area contributed by atoms with Crippen molar-refractivity contribution in [1.29, 1.82) is 0 Å². The maximum atomic E-state index is 12.3. The van der Waals surface area contributed by atoms with E-state index < -0.39 is 0 Å². The van der Waals surface area contributed by atoms with Gasteiger partial charge in [-0.15, -0.1) is 6.42 Å². The van der Waals surface area contributed by atoms with Crippen molar-refractivity contribution in [2.45, 2.75) is 38.1 Å².